The SMILES string of the molecule is CC(C)(C)CC(C)(C)c1ccc(OCCOC[N+](C)(C)C)cc1.[I-]. The second-order valence-electron chi connectivity index (χ2n) is 9.32. The molecular weight excluding hydrogens is 413 g/mol. The van der Waals surface area contributed by atoms with Gasteiger partial charge in [0, 0.05) is 0 Å². The molecule has 0 spiro atoms. The third-order valence-electron chi connectivity index (χ3n) is 3.58. The van der Waals surface area contributed by atoms with E-state index in [1.54, 1.807) is 0 Å². The number of nitrogens with zero attached hydrogens (tertiary/aromatic N) is 1. The molecule has 1 aromatic rings. The third kappa shape index (κ3) is 9.84. The van der Waals surface area contributed by atoms with E-state index in [-0.39, 0.29) is 29.4 Å². The second-order valence-corrected chi connectivity index (χ2v) is 9.32. The van der Waals surface area contributed by atoms with Crippen LogP contribution in [0.5, 0.6) is 5.75 Å². The van der Waals surface area contributed by atoms with Gasteiger partial charge in [-0.1, -0.05) is 46.8 Å². The molecule has 0 aliphatic carbocycles. The van der Waals surface area contributed by atoms with Crippen molar-refractivity contribution in [2.24, 2.45) is 5.41 Å². The normalized spacial score (nSPS) is 12.7. The maximum Gasteiger partial charge on any atom is 0.182 e. The molecule has 0 N–H and O–H groups in total. The highest BCUT2D eigenvalue weighted by molar-refractivity contribution is 5.31. The molecule has 4 heteroatoms. The monoisotopic (exact) mass is 449 g/mol. The van der Waals surface area contributed by atoms with E-state index in [2.05, 4.69) is 80.0 Å². The van der Waals surface area contributed by atoms with Crippen LogP contribution in [-0.4, -0.2) is 45.6 Å². The fourth-order valence-corrected chi connectivity index (χ4v) is 2.99. The first-order chi connectivity index (χ1) is 10.4. The lowest BCUT2D eigenvalue weighted by molar-refractivity contribution is -0.890. The van der Waals surface area contributed by atoms with Crippen LogP contribution in [0.3, 0.4) is 0 Å². The molecule has 0 atom stereocenters. The van der Waals surface area contributed by atoms with Crippen molar-refractivity contribution in [3.05, 3.63) is 29.8 Å². The summed E-state index contributed by atoms with van der Waals surface area (Å²) in [6, 6.07) is 8.51. The predicted molar refractivity (Wildman–Crippen MR) is 97.9 cm³/mol. The van der Waals surface area contributed by atoms with Gasteiger partial charge in [-0.25, -0.2) is 0 Å². The van der Waals surface area contributed by atoms with Crippen molar-refractivity contribution in [1.82, 2.24) is 0 Å². The maximum atomic E-state index is 5.76. The van der Waals surface area contributed by atoms with Crippen LogP contribution in [0.25, 0.3) is 0 Å². The highest BCUT2D eigenvalue weighted by Gasteiger charge is 2.27. The van der Waals surface area contributed by atoms with Gasteiger partial charge in [0.25, 0.3) is 0 Å². The lowest BCUT2D eigenvalue weighted by atomic mass is 9.72. The molecule has 3 nitrogen and oxygen atoms in total. The van der Waals surface area contributed by atoms with Gasteiger partial charge in [-0.05, 0) is 34.9 Å². The molecule has 0 aromatic heterocycles. The number of ether oxygens (including phenoxy) is 2. The van der Waals surface area contributed by atoms with Crippen molar-refractivity contribution in [2.45, 2.75) is 46.5 Å². The van der Waals surface area contributed by atoms with E-state index >= 15 is 0 Å². The Morgan fingerprint density at radius 2 is 1.42 bits per heavy atom. The van der Waals surface area contributed by atoms with Gasteiger partial charge < -0.3 is 37.9 Å². The predicted octanol–water partition coefficient (Wildman–Crippen LogP) is 1.46. The molecule has 1 rings (SSSR count). The minimum atomic E-state index is 0. The maximum absolute atomic E-state index is 5.76. The quantitative estimate of drug-likeness (QED) is 0.259. The van der Waals surface area contributed by atoms with E-state index in [4.69, 9.17) is 9.47 Å². The zero-order valence-corrected chi connectivity index (χ0v) is 18.9. The molecule has 140 valence electrons. The van der Waals surface area contributed by atoms with Crippen molar-refractivity contribution in [2.75, 3.05) is 41.1 Å². The fourth-order valence-electron chi connectivity index (χ4n) is 2.99. The standard InChI is InChI=1S/C20H36NO2.HI/c1-19(2,3)15-20(4,5)17-9-11-18(12-10-17)23-14-13-22-16-21(6,7)8;/h9-12H,13-16H2,1-8H3;1H/q+1;/p-1. The highest BCUT2D eigenvalue weighted by Crippen LogP contribution is 2.36. The number of hydrogen-bond acceptors (Lipinski definition) is 2. The summed E-state index contributed by atoms with van der Waals surface area (Å²) in [5.74, 6) is 0.911. The van der Waals surface area contributed by atoms with Gasteiger partial charge in [0.15, 0.2) is 6.73 Å². The summed E-state index contributed by atoms with van der Waals surface area (Å²) in [7, 11) is 6.33. The third-order valence-corrected chi connectivity index (χ3v) is 3.58. The van der Waals surface area contributed by atoms with Crippen molar-refractivity contribution >= 4 is 0 Å². The Morgan fingerprint density at radius 1 is 0.875 bits per heavy atom. The average Bonchev–Trinajstić information content (AvgIpc) is 2.34. The zero-order valence-electron chi connectivity index (χ0n) is 16.8. The molecule has 0 aliphatic rings. The summed E-state index contributed by atoms with van der Waals surface area (Å²) in [6.45, 7) is 13.4. The smallest absolute Gasteiger partial charge is 0.182 e. The number of rotatable bonds is 8. The molecule has 0 saturated carbocycles. The molecule has 0 unspecified atom stereocenters. The Bertz CT molecular complexity index is 470. The van der Waals surface area contributed by atoms with Crippen LogP contribution in [0.4, 0.5) is 0 Å². The summed E-state index contributed by atoms with van der Waals surface area (Å²) in [5, 5.41) is 0. The summed E-state index contributed by atoms with van der Waals surface area (Å²) in [4.78, 5) is 0. The van der Waals surface area contributed by atoms with Gasteiger partial charge in [0.1, 0.15) is 12.4 Å². The zero-order chi connectivity index (χ0) is 17.7. The van der Waals surface area contributed by atoms with Crippen LogP contribution in [0.1, 0.15) is 46.6 Å². The van der Waals surface area contributed by atoms with E-state index in [0.717, 1.165) is 16.7 Å². The van der Waals surface area contributed by atoms with Crippen molar-refractivity contribution in [1.29, 1.82) is 0 Å². The van der Waals surface area contributed by atoms with Crippen LogP contribution in [0, 0.1) is 5.41 Å². The van der Waals surface area contributed by atoms with E-state index in [0.29, 0.717) is 25.4 Å². The lowest BCUT2D eigenvalue weighted by Gasteiger charge is -2.33. The minimum absolute atomic E-state index is 0. The first kappa shape index (κ1) is 23.7. The summed E-state index contributed by atoms with van der Waals surface area (Å²) >= 11 is 0. The molecule has 0 fully saturated rings. The van der Waals surface area contributed by atoms with Crippen LogP contribution in [-0.2, 0) is 10.2 Å². The van der Waals surface area contributed by atoms with Crippen molar-refractivity contribution in [3.8, 4) is 5.75 Å². The van der Waals surface area contributed by atoms with E-state index in [9.17, 15) is 0 Å². The van der Waals surface area contributed by atoms with Crippen LogP contribution in [0.2, 0.25) is 0 Å². The summed E-state index contributed by atoms with van der Waals surface area (Å²) in [6.07, 6.45) is 1.15. The Labute approximate surface area is 166 Å². The molecule has 0 heterocycles. The highest BCUT2D eigenvalue weighted by atomic mass is 127. The van der Waals surface area contributed by atoms with Gasteiger partial charge in [0.2, 0.25) is 0 Å². The Balaban J connectivity index is 0.00000529. The molecule has 0 aliphatic heterocycles. The fraction of sp³-hybridized carbons (Fsp3) is 0.700. The van der Waals surface area contributed by atoms with Crippen molar-refractivity contribution < 1.29 is 37.9 Å². The van der Waals surface area contributed by atoms with Gasteiger partial charge in [-0.3, -0.25) is 0 Å². The van der Waals surface area contributed by atoms with Gasteiger partial charge in [-0.2, -0.15) is 0 Å². The Morgan fingerprint density at radius 3 is 1.88 bits per heavy atom. The largest absolute Gasteiger partial charge is 1.00 e. The Hall–Kier alpha value is -0.330. The molecule has 0 amide bonds. The number of quaternary nitrogens is 1. The molecule has 1 aromatic carbocycles. The van der Waals surface area contributed by atoms with Gasteiger partial charge in [-0.15, -0.1) is 0 Å². The number of hydrogen-bond donors (Lipinski definition) is 0. The van der Waals surface area contributed by atoms with Crippen molar-refractivity contribution in [3.63, 3.8) is 0 Å². The Kier molecular flexibility index (Phi) is 9.26. The molecule has 0 radical (unpaired) electrons. The van der Waals surface area contributed by atoms with Gasteiger partial charge >= 0.3 is 0 Å². The lowest BCUT2D eigenvalue weighted by Crippen LogP contribution is -3.00. The first-order valence-electron chi connectivity index (χ1n) is 8.51. The minimum Gasteiger partial charge on any atom is -1.00 e. The molecule has 24 heavy (non-hydrogen) atoms. The first-order valence-corrected chi connectivity index (χ1v) is 8.51. The summed E-state index contributed by atoms with van der Waals surface area (Å²) < 4.78 is 12.2. The van der Waals surface area contributed by atoms with E-state index in [1.165, 1.54) is 5.56 Å². The van der Waals surface area contributed by atoms with E-state index < -0.39 is 0 Å². The number of benzene rings is 1. The van der Waals surface area contributed by atoms with Crippen LogP contribution < -0.4 is 28.7 Å². The van der Waals surface area contributed by atoms with Crippen LogP contribution in [0.15, 0.2) is 24.3 Å². The molecular formula is C20H36INO2. The molecule has 0 bridgehead atoms. The topological polar surface area (TPSA) is 18.5 Å². The van der Waals surface area contributed by atoms with Crippen LogP contribution >= 0.6 is 0 Å². The molecule has 0 saturated heterocycles. The van der Waals surface area contributed by atoms with Gasteiger partial charge in [0.05, 0.1) is 27.7 Å². The number of halogens is 1. The second kappa shape index (κ2) is 9.39. The summed E-state index contributed by atoms with van der Waals surface area (Å²) in [5.41, 5.74) is 1.85. The van der Waals surface area contributed by atoms with E-state index in [1.807, 2.05) is 0 Å². The average molecular weight is 449 g/mol.